The van der Waals surface area contributed by atoms with Crippen molar-refractivity contribution in [2.45, 2.75) is 45.8 Å². The average molecular weight is 229 g/mol. The molecule has 2 atom stereocenters. The van der Waals surface area contributed by atoms with Gasteiger partial charge in [-0.2, -0.15) is 0 Å². The van der Waals surface area contributed by atoms with Crippen molar-refractivity contribution in [3.8, 4) is 0 Å². The predicted molar refractivity (Wildman–Crippen MR) is 62.3 cm³/mol. The molecule has 0 aromatic heterocycles. The first kappa shape index (κ1) is 13.5. The third-order valence-electron chi connectivity index (χ3n) is 2.83. The van der Waals surface area contributed by atoms with Crippen molar-refractivity contribution in [2.24, 2.45) is 0 Å². The van der Waals surface area contributed by atoms with Crippen LogP contribution in [0.25, 0.3) is 0 Å². The topological polar surface area (TPSA) is 38.8 Å². The van der Waals surface area contributed by atoms with Crippen molar-refractivity contribution in [3.63, 3.8) is 0 Å². The molecule has 2 unspecified atom stereocenters. The molecule has 1 rings (SSSR count). The largest absolute Gasteiger partial charge is 0.465 e. The lowest BCUT2D eigenvalue weighted by molar-refractivity contribution is -0.152. The molecule has 0 aromatic rings. The minimum atomic E-state index is -0.0868. The van der Waals surface area contributed by atoms with E-state index in [1.807, 2.05) is 13.8 Å². The van der Waals surface area contributed by atoms with Crippen molar-refractivity contribution in [1.82, 2.24) is 4.90 Å². The van der Waals surface area contributed by atoms with Crippen LogP contribution in [0.3, 0.4) is 0 Å². The van der Waals surface area contributed by atoms with E-state index in [2.05, 4.69) is 11.8 Å². The first-order chi connectivity index (χ1) is 7.69. The average Bonchev–Trinajstić information content (AvgIpc) is 2.26. The molecular weight excluding hydrogens is 206 g/mol. The molecular formula is C12H23NO3. The molecule has 1 aliphatic heterocycles. The Morgan fingerprint density at radius 3 is 2.88 bits per heavy atom. The number of carbonyl (C=O) groups is 1. The maximum absolute atomic E-state index is 11.8. The highest BCUT2D eigenvalue weighted by molar-refractivity contribution is 5.75. The van der Waals surface area contributed by atoms with Crippen LogP contribution in [0, 0.1) is 0 Å². The number of nitrogens with zero attached hydrogens (tertiary/aromatic N) is 1. The fourth-order valence-electron chi connectivity index (χ4n) is 2.09. The summed E-state index contributed by atoms with van der Waals surface area (Å²) in [4.78, 5) is 14.0. The molecule has 0 aliphatic carbocycles. The van der Waals surface area contributed by atoms with Gasteiger partial charge in [-0.3, -0.25) is 9.69 Å². The Morgan fingerprint density at radius 2 is 2.31 bits per heavy atom. The molecule has 1 aliphatic rings. The normalized spacial score (nSPS) is 24.1. The molecule has 0 spiro atoms. The van der Waals surface area contributed by atoms with Crippen LogP contribution in [0.15, 0.2) is 0 Å². The van der Waals surface area contributed by atoms with E-state index >= 15 is 0 Å². The van der Waals surface area contributed by atoms with Gasteiger partial charge in [-0.15, -0.1) is 0 Å². The maximum atomic E-state index is 11.8. The number of hydrogen-bond donors (Lipinski definition) is 0. The zero-order valence-corrected chi connectivity index (χ0v) is 10.6. The molecule has 0 aromatic carbocycles. The first-order valence-corrected chi connectivity index (χ1v) is 6.21. The summed E-state index contributed by atoms with van der Waals surface area (Å²) in [5.41, 5.74) is 0. The quantitative estimate of drug-likeness (QED) is 0.669. The Labute approximate surface area is 97.9 Å². The predicted octanol–water partition coefficient (Wildman–Crippen LogP) is 1.44. The van der Waals surface area contributed by atoms with Gasteiger partial charge in [-0.05, 0) is 20.3 Å². The Bertz CT molecular complexity index is 220. The zero-order chi connectivity index (χ0) is 12.0. The highest BCUT2D eigenvalue weighted by atomic mass is 16.5. The van der Waals surface area contributed by atoms with Crippen LogP contribution in [0.1, 0.15) is 33.6 Å². The van der Waals surface area contributed by atoms with Crippen LogP contribution in [0.5, 0.6) is 0 Å². The summed E-state index contributed by atoms with van der Waals surface area (Å²) >= 11 is 0. The fourth-order valence-corrected chi connectivity index (χ4v) is 2.09. The van der Waals surface area contributed by atoms with Crippen molar-refractivity contribution in [1.29, 1.82) is 0 Å². The Kier molecular flexibility index (Phi) is 5.77. The number of ether oxygens (including phenoxy) is 2. The summed E-state index contributed by atoms with van der Waals surface area (Å²) in [5.74, 6) is -0.0848. The van der Waals surface area contributed by atoms with Crippen molar-refractivity contribution in [3.05, 3.63) is 0 Å². The van der Waals surface area contributed by atoms with Crippen LogP contribution in [-0.4, -0.2) is 49.3 Å². The standard InChI is InChI=1S/C12H23NO3/c1-4-6-11(12(14)15-5-2)13-7-8-16-10(3)9-13/h10-11H,4-9H2,1-3H3. The van der Waals surface area contributed by atoms with Crippen LogP contribution >= 0.6 is 0 Å². The van der Waals surface area contributed by atoms with Gasteiger partial charge in [0.25, 0.3) is 0 Å². The van der Waals surface area contributed by atoms with E-state index in [0.29, 0.717) is 13.2 Å². The summed E-state index contributed by atoms with van der Waals surface area (Å²) in [5, 5.41) is 0. The lowest BCUT2D eigenvalue weighted by atomic mass is 10.1. The number of morpholine rings is 1. The molecule has 0 bridgehead atoms. The van der Waals surface area contributed by atoms with E-state index in [1.165, 1.54) is 0 Å². The van der Waals surface area contributed by atoms with Crippen molar-refractivity contribution < 1.29 is 14.3 Å². The smallest absolute Gasteiger partial charge is 0.323 e. The van der Waals surface area contributed by atoms with E-state index < -0.39 is 0 Å². The van der Waals surface area contributed by atoms with Gasteiger partial charge in [0.15, 0.2) is 0 Å². The summed E-state index contributed by atoms with van der Waals surface area (Å²) < 4.78 is 10.6. The van der Waals surface area contributed by atoms with Crippen molar-refractivity contribution in [2.75, 3.05) is 26.3 Å². The van der Waals surface area contributed by atoms with Crippen LogP contribution in [0.4, 0.5) is 0 Å². The number of hydrogen-bond acceptors (Lipinski definition) is 4. The van der Waals surface area contributed by atoms with Gasteiger partial charge < -0.3 is 9.47 Å². The molecule has 0 saturated carbocycles. The summed E-state index contributed by atoms with van der Waals surface area (Å²) in [7, 11) is 0. The molecule has 0 radical (unpaired) electrons. The summed E-state index contributed by atoms with van der Waals surface area (Å²) in [6, 6.07) is -0.0868. The third kappa shape index (κ3) is 3.76. The van der Waals surface area contributed by atoms with Gasteiger partial charge in [0, 0.05) is 13.1 Å². The summed E-state index contributed by atoms with van der Waals surface area (Å²) in [6.07, 6.45) is 2.07. The van der Waals surface area contributed by atoms with E-state index in [1.54, 1.807) is 0 Å². The highest BCUT2D eigenvalue weighted by Gasteiger charge is 2.29. The van der Waals surface area contributed by atoms with Crippen LogP contribution in [-0.2, 0) is 14.3 Å². The van der Waals surface area contributed by atoms with Gasteiger partial charge >= 0.3 is 5.97 Å². The lowest BCUT2D eigenvalue weighted by Crippen LogP contribution is -2.50. The van der Waals surface area contributed by atoms with Gasteiger partial charge in [0.2, 0.25) is 0 Å². The molecule has 16 heavy (non-hydrogen) atoms. The Balaban J connectivity index is 2.56. The van der Waals surface area contributed by atoms with E-state index in [-0.39, 0.29) is 18.1 Å². The number of rotatable bonds is 5. The van der Waals surface area contributed by atoms with Gasteiger partial charge in [-0.1, -0.05) is 13.3 Å². The van der Waals surface area contributed by atoms with E-state index in [9.17, 15) is 4.79 Å². The second kappa shape index (κ2) is 6.86. The molecule has 1 saturated heterocycles. The third-order valence-corrected chi connectivity index (χ3v) is 2.83. The van der Waals surface area contributed by atoms with Gasteiger partial charge in [-0.25, -0.2) is 0 Å². The first-order valence-electron chi connectivity index (χ1n) is 6.21. The molecule has 4 heteroatoms. The Morgan fingerprint density at radius 1 is 1.56 bits per heavy atom. The maximum Gasteiger partial charge on any atom is 0.323 e. The van der Waals surface area contributed by atoms with Gasteiger partial charge in [0.05, 0.1) is 19.3 Å². The van der Waals surface area contributed by atoms with Crippen LogP contribution in [0.2, 0.25) is 0 Å². The molecule has 1 heterocycles. The summed E-state index contributed by atoms with van der Waals surface area (Å²) in [6.45, 7) is 8.80. The second-order valence-electron chi connectivity index (χ2n) is 4.23. The lowest BCUT2D eigenvalue weighted by Gasteiger charge is -2.35. The highest BCUT2D eigenvalue weighted by Crippen LogP contribution is 2.14. The monoisotopic (exact) mass is 229 g/mol. The molecule has 0 amide bonds. The SMILES string of the molecule is CCCC(C(=O)OCC)N1CCOC(C)C1. The molecule has 94 valence electrons. The molecule has 4 nitrogen and oxygen atoms in total. The zero-order valence-electron chi connectivity index (χ0n) is 10.6. The van der Waals surface area contributed by atoms with E-state index in [4.69, 9.17) is 9.47 Å². The molecule has 0 N–H and O–H groups in total. The fraction of sp³-hybridized carbons (Fsp3) is 0.917. The Hall–Kier alpha value is -0.610. The minimum absolute atomic E-state index is 0.0848. The number of esters is 1. The van der Waals surface area contributed by atoms with E-state index in [0.717, 1.165) is 25.9 Å². The minimum Gasteiger partial charge on any atom is -0.465 e. The van der Waals surface area contributed by atoms with Crippen molar-refractivity contribution >= 4 is 5.97 Å². The second-order valence-corrected chi connectivity index (χ2v) is 4.23. The van der Waals surface area contributed by atoms with Gasteiger partial charge in [0.1, 0.15) is 6.04 Å². The molecule has 1 fully saturated rings. The van der Waals surface area contributed by atoms with Crippen LogP contribution < -0.4 is 0 Å². The number of carbonyl (C=O) groups excluding carboxylic acids is 1.